The summed E-state index contributed by atoms with van der Waals surface area (Å²) in [6, 6.07) is 4.68. The first-order chi connectivity index (χ1) is 12.8. The van der Waals surface area contributed by atoms with Crippen molar-refractivity contribution in [2.45, 2.75) is 57.9 Å². The smallest absolute Gasteiger partial charge is 0.399 e. The van der Waals surface area contributed by atoms with Gasteiger partial charge in [-0.1, -0.05) is 17.7 Å². The SMILES string of the molecule is CC1(C)OB(c2ccc(C(=O)N3CCCC(C(F)(F)F)C3)cc2Cl)OC1(C)C. The van der Waals surface area contributed by atoms with Gasteiger partial charge in [0.2, 0.25) is 0 Å². The van der Waals surface area contributed by atoms with Crippen LogP contribution in [-0.4, -0.2) is 48.4 Å². The standard InChI is InChI=1S/C19H24BClF3NO3/c1-17(2)18(3,4)28-20(27-17)14-8-7-12(10-15(14)21)16(26)25-9-5-6-13(11-25)19(22,23)24/h7-8,10,13H,5-6,9,11H2,1-4H3. The Labute approximate surface area is 168 Å². The molecule has 2 saturated heterocycles. The molecule has 1 unspecified atom stereocenters. The van der Waals surface area contributed by atoms with E-state index in [4.69, 9.17) is 20.9 Å². The lowest BCUT2D eigenvalue weighted by molar-refractivity contribution is -0.184. The highest BCUT2D eigenvalue weighted by molar-refractivity contribution is 6.65. The van der Waals surface area contributed by atoms with E-state index < -0.39 is 36.3 Å². The highest BCUT2D eigenvalue weighted by Crippen LogP contribution is 2.37. The van der Waals surface area contributed by atoms with E-state index in [9.17, 15) is 18.0 Å². The maximum Gasteiger partial charge on any atom is 0.496 e. The minimum Gasteiger partial charge on any atom is -0.399 e. The van der Waals surface area contributed by atoms with Crippen LogP contribution in [0.5, 0.6) is 0 Å². The Bertz CT molecular complexity index is 753. The second kappa shape index (κ2) is 7.22. The number of rotatable bonds is 2. The molecule has 4 nitrogen and oxygen atoms in total. The van der Waals surface area contributed by atoms with Gasteiger partial charge in [0.15, 0.2) is 0 Å². The molecule has 2 heterocycles. The van der Waals surface area contributed by atoms with Crippen LogP contribution in [0.4, 0.5) is 13.2 Å². The van der Waals surface area contributed by atoms with E-state index in [0.29, 0.717) is 18.4 Å². The van der Waals surface area contributed by atoms with E-state index in [2.05, 4.69) is 0 Å². The van der Waals surface area contributed by atoms with Gasteiger partial charge in [-0.25, -0.2) is 0 Å². The van der Waals surface area contributed by atoms with E-state index in [1.54, 1.807) is 12.1 Å². The van der Waals surface area contributed by atoms with E-state index in [-0.39, 0.29) is 23.6 Å². The molecule has 0 N–H and O–H groups in total. The van der Waals surface area contributed by atoms with Crippen LogP contribution in [0.25, 0.3) is 0 Å². The number of amides is 1. The Kier molecular flexibility index (Phi) is 5.53. The van der Waals surface area contributed by atoms with Gasteiger partial charge in [-0.15, -0.1) is 0 Å². The predicted octanol–water partition coefficient (Wildman–Crippen LogP) is 4.05. The van der Waals surface area contributed by atoms with Crippen molar-refractivity contribution in [2.75, 3.05) is 13.1 Å². The fourth-order valence-electron chi connectivity index (χ4n) is 3.43. The van der Waals surface area contributed by atoms with Crippen LogP contribution in [-0.2, 0) is 9.31 Å². The summed E-state index contributed by atoms with van der Waals surface area (Å²) in [7, 11) is -0.675. The Morgan fingerprint density at radius 1 is 1.21 bits per heavy atom. The van der Waals surface area contributed by atoms with Crippen molar-refractivity contribution >= 4 is 30.1 Å². The number of hydrogen-bond donors (Lipinski definition) is 0. The number of halogens is 4. The fraction of sp³-hybridized carbons (Fsp3) is 0.632. The van der Waals surface area contributed by atoms with Crippen molar-refractivity contribution in [3.63, 3.8) is 0 Å². The third-order valence-electron chi connectivity index (χ3n) is 5.93. The molecule has 1 aromatic rings. The Morgan fingerprint density at radius 2 is 1.82 bits per heavy atom. The first-order valence-electron chi connectivity index (χ1n) is 9.33. The molecule has 0 bridgehead atoms. The number of carbonyl (C=O) groups excluding carboxylic acids is 1. The summed E-state index contributed by atoms with van der Waals surface area (Å²) < 4.78 is 51.0. The zero-order chi connectivity index (χ0) is 20.9. The second-order valence-electron chi connectivity index (χ2n) is 8.46. The van der Waals surface area contributed by atoms with E-state index in [0.717, 1.165) is 0 Å². The van der Waals surface area contributed by atoms with E-state index in [1.807, 2.05) is 27.7 Å². The van der Waals surface area contributed by atoms with Crippen molar-refractivity contribution in [2.24, 2.45) is 5.92 Å². The first kappa shape index (κ1) is 21.5. The van der Waals surface area contributed by atoms with Crippen LogP contribution in [0.3, 0.4) is 0 Å². The lowest BCUT2D eigenvalue weighted by Gasteiger charge is -2.33. The number of alkyl halides is 3. The van der Waals surface area contributed by atoms with Crippen LogP contribution in [0.15, 0.2) is 18.2 Å². The molecule has 0 radical (unpaired) electrons. The highest BCUT2D eigenvalue weighted by Gasteiger charge is 2.52. The zero-order valence-corrected chi connectivity index (χ0v) is 17.2. The number of carbonyl (C=O) groups is 1. The summed E-state index contributed by atoms with van der Waals surface area (Å²) in [4.78, 5) is 14.0. The molecule has 2 aliphatic rings. The maximum absolute atomic E-state index is 13.0. The van der Waals surface area contributed by atoms with Crippen molar-refractivity contribution in [3.8, 4) is 0 Å². The topological polar surface area (TPSA) is 38.8 Å². The number of hydrogen-bond acceptors (Lipinski definition) is 3. The molecule has 1 atom stereocenters. The van der Waals surface area contributed by atoms with Crippen molar-refractivity contribution < 1.29 is 27.3 Å². The number of nitrogens with zero attached hydrogens (tertiary/aromatic N) is 1. The molecule has 0 spiro atoms. The number of benzene rings is 1. The van der Waals surface area contributed by atoms with Gasteiger partial charge in [-0.05, 0) is 52.7 Å². The molecule has 1 amide bonds. The average Bonchev–Trinajstić information content (AvgIpc) is 2.81. The van der Waals surface area contributed by atoms with Gasteiger partial charge in [0.25, 0.3) is 5.91 Å². The molecule has 0 aromatic heterocycles. The first-order valence-corrected chi connectivity index (χ1v) is 9.71. The predicted molar refractivity (Wildman–Crippen MR) is 102 cm³/mol. The third kappa shape index (κ3) is 4.05. The van der Waals surface area contributed by atoms with Gasteiger partial charge in [-0.3, -0.25) is 4.79 Å². The monoisotopic (exact) mass is 417 g/mol. The Hall–Kier alpha value is -1.25. The van der Waals surface area contributed by atoms with Crippen LogP contribution in [0.1, 0.15) is 50.9 Å². The fourth-order valence-corrected chi connectivity index (χ4v) is 3.70. The number of piperidine rings is 1. The molecule has 28 heavy (non-hydrogen) atoms. The lowest BCUT2D eigenvalue weighted by atomic mass is 9.78. The zero-order valence-electron chi connectivity index (χ0n) is 16.4. The average molecular weight is 418 g/mol. The lowest BCUT2D eigenvalue weighted by Crippen LogP contribution is -2.44. The van der Waals surface area contributed by atoms with Crippen LogP contribution in [0, 0.1) is 5.92 Å². The third-order valence-corrected chi connectivity index (χ3v) is 6.25. The summed E-state index contributed by atoms with van der Waals surface area (Å²) in [6.45, 7) is 7.68. The van der Waals surface area contributed by atoms with E-state index >= 15 is 0 Å². The van der Waals surface area contributed by atoms with Gasteiger partial charge in [0, 0.05) is 29.1 Å². The summed E-state index contributed by atoms with van der Waals surface area (Å²) in [5, 5.41) is 0.286. The van der Waals surface area contributed by atoms with Crippen LogP contribution >= 0.6 is 11.6 Å². The number of likely N-dealkylation sites (tertiary alicyclic amines) is 1. The molecule has 2 aliphatic heterocycles. The van der Waals surface area contributed by atoms with Crippen molar-refractivity contribution in [1.29, 1.82) is 0 Å². The second-order valence-corrected chi connectivity index (χ2v) is 8.86. The van der Waals surface area contributed by atoms with Crippen molar-refractivity contribution in [3.05, 3.63) is 28.8 Å². The molecular formula is C19H24BClF3NO3. The highest BCUT2D eigenvalue weighted by atomic mass is 35.5. The summed E-state index contributed by atoms with van der Waals surface area (Å²) in [5.74, 6) is -1.93. The molecular weight excluding hydrogens is 393 g/mol. The van der Waals surface area contributed by atoms with Gasteiger partial charge >= 0.3 is 13.3 Å². The largest absolute Gasteiger partial charge is 0.496 e. The summed E-state index contributed by atoms with van der Waals surface area (Å²) >= 11 is 6.37. The van der Waals surface area contributed by atoms with Crippen LogP contribution < -0.4 is 5.46 Å². The molecule has 1 aromatic carbocycles. The molecule has 0 aliphatic carbocycles. The molecule has 2 fully saturated rings. The van der Waals surface area contributed by atoms with Crippen molar-refractivity contribution in [1.82, 2.24) is 4.90 Å². The minimum atomic E-state index is -4.29. The molecule has 0 saturated carbocycles. The van der Waals surface area contributed by atoms with Gasteiger partial charge in [-0.2, -0.15) is 13.2 Å². The molecule has 3 rings (SSSR count). The van der Waals surface area contributed by atoms with Crippen LogP contribution in [0.2, 0.25) is 5.02 Å². The van der Waals surface area contributed by atoms with Gasteiger partial charge < -0.3 is 14.2 Å². The summed E-state index contributed by atoms with van der Waals surface area (Å²) in [6.07, 6.45) is -3.91. The maximum atomic E-state index is 13.0. The Morgan fingerprint density at radius 3 is 2.36 bits per heavy atom. The van der Waals surface area contributed by atoms with Gasteiger partial charge in [0.1, 0.15) is 0 Å². The van der Waals surface area contributed by atoms with Gasteiger partial charge in [0.05, 0.1) is 17.1 Å². The molecule has 9 heteroatoms. The normalized spacial score (nSPS) is 24.5. The molecule has 154 valence electrons. The quantitative estimate of drug-likeness (QED) is 0.681. The van der Waals surface area contributed by atoms with E-state index in [1.165, 1.54) is 11.0 Å². The summed E-state index contributed by atoms with van der Waals surface area (Å²) in [5.41, 5.74) is -0.219. The Balaban J connectivity index is 1.77. The minimum absolute atomic E-state index is 0.0505.